The molecule has 0 spiro atoms. The summed E-state index contributed by atoms with van der Waals surface area (Å²) >= 11 is 0. The van der Waals surface area contributed by atoms with Crippen LogP contribution in [0.5, 0.6) is 11.5 Å². The predicted molar refractivity (Wildman–Crippen MR) is 110 cm³/mol. The Kier molecular flexibility index (Phi) is 10.4. The molecule has 0 aliphatic carbocycles. The Hall–Kier alpha value is -2.35. The third-order valence-corrected chi connectivity index (χ3v) is 3.77. The van der Waals surface area contributed by atoms with E-state index in [1.807, 2.05) is 0 Å². The van der Waals surface area contributed by atoms with Crippen molar-refractivity contribution < 1.29 is 14.3 Å². The largest absolute Gasteiger partial charge is 0.455 e. The van der Waals surface area contributed by atoms with Gasteiger partial charge in [-0.1, -0.05) is 19.1 Å². The molecule has 4 N–H and O–H groups in total. The number of para-hydroxylation sites is 2. The van der Waals surface area contributed by atoms with E-state index in [9.17, 15) is 9.59 Å². The van der Waals surface area contributed by atoms with Crippen molar-refractivity contribution in [2.75, 3.05) is 12.4 Å². The van der Waals surface area contributed by atoms with Crippen molar-refractivity contribution >= 4 is 42.3 Å². The molecule has 0 aliphatic rings. The number of carbonyl (C=O) groups excluding carboxylic acids is 2. The molecule has 2 amide bonds. The van der Waals surface area contributed by atoms with Crippen LogP contribution >= 0.6 is 24.8 Å². The molecule has 1 aromatic carbocycles. The molecule has 7 nitrogen and oxygen atoms in total. The number of nitrogens with one attached hydrogen (secondary N) is 2. The summed E-state index contributed by atoms with van der Waals surface area (Å²) in [6.07, 6.45) is 1.49. The van der Waals surface area contributed by atoms with Crippen molar-refractivity contribution in [3.8, 4) is 11.5 Å². The quantitative estimate of drug-likeness (QED) is 0.673. The number of anilines is 1. The first-order valence-corrected chi connectivity index (χ1v) is 7.94. The number of halogens is 2. The average Bonchev–Trinajstić information content (AvgIpc) is 2.62. The monoisotopic (exact) mass is 414 g/mol. The first kappa shape index (κ1) is 24.7. The number of carbonyl (C=O) groups is 2. The molecule has 0 radical (unpaired) electrons. The third kappa shape index (κ3) is 6.71. The normalized spacial score (nSPS) is 11.9. The highest BCUT2D eigenvalue weighted by atomic mass is 35.5. The topological polar surface area (TPSA) is 106 Å². The van der Waals surface area contributed by atoms with Crippen LogP contribution in [-0.2, 0) is 4.79 Å². The van der Waals surface area contributed by atoms with Crippen LogP contribution in [0.3, 0.4) is 0 Å². The van der Waals surface area contributed by atoms with E-state index in [1.54, 1.807) is 44.2 Å². The van der Waals surface area contributed by atoms with Crippen molar-refractivity contribution in [1.29, 1.82) is 0 Å². The van der Waals surface area contributed by atoms with Crippen LogP contribution in [-0.4, -0.2) is 29.9 Å². The Balaban J connectivity index is 0.00000338. The Labute approximate surface area is 170 Å². The van der Waals surface area contributed by atoms with E-state index in [-0.39, 0.29) is 54.3 Å². The summed E-state index contributed by atoms with van der Waals surface area (Å²) in [5.74, 6) is 0.0655. The molecule has 1 aromatic heterocycles. The summed E-state index contributed by atoms with van der Waals surface area (Å²) < 4.78 is 5.82. The maximum absolute atomic E-state index is 12.2. The molecule has 2 unspecified atom stereocenters. The minimum atomic E-state index is -0.339. The van der Waals surface area contributed by atoms with Gasteiger partial charge in [0.15, 0.2) is 5.75 Å². The summed E-state index contributed by atoms with van der Waals surface area (Å²) in [5, 5.41) is 5.33. The van der Waals surface area contributed by atoms with Gasteiger partial charge in [0.1, 0.15) is 11.4 Å². The zero-order valence-corrected chi connectivity index (χ0v) is 16.9. The van der Waals surface area contributed by atoms with Crippen LogP contribution in [0.15, 0.2) is 42.6 Å². The van der Waals surface area contributed by atoms with E-state index < -0.39 is 0 Å². The van der Waals surface area contributed by atoms with Gasteiger partial charge >= 0.3 is 0 Å². The zero-order chi connectivity index (χ0) is 18.4. The lowest BCUT2D eigenvalue weighted by molar-refractivity contribution is -0.119. The molecule has 148 valence electrons. The molecule has 0 saturated heterocycles. The van der Waals surface area contributed by atoms with E-state index in [2.05, 4.69) is 15.6 Å². The molecule has 27 heavy (non-hydrogen) atoms. The Morgan fingerprint density at radius 3 is 2.44 bits per heavy atom. The smallest absolute Gasteiger partial charge is 0.269 e. The fourth-order valence-electron chi connectivity index (χ4n) is 2.00. The second kappa shape index (κ2) is 11.4. The van der Waals surface area contributed by atoms with Gasteiger partial charge in [0, 0.05) is 25.4 Å². The molecule has 0 saturated carbocycles. The highest BCUT2D eigenvalue weighted by Gasteiger charge is 2.18. The number of rotatable bonds is 6. The molecule has 0 fully saturated rings. The molecule has 2 atom stereocenters. The zero-order valence-electron chi connectivity index (χ0n) is 15.3. The number of benzene rings is 1. The van der Waals surface area contributed by atoms with Crippen LogP contribution in [0.1, 0.15) is 24.3 Å². The third-order valence-electron chi connectivity index (χ3n) is 3.77. The van der Waals surface area contributed by atoms with Crippen molar-refractivity contribution in [3.63, 3.8) is 0 Å². The lowest BCUT2D eigenvalue weighted by Gasteiger charge is -2.17. The number of amides is 2. The molecule has 1 heterocycles. The van der Waals surface area contributed by atoms with E-state index in [1.165, 1.54) is 19.3 Å². The van der Waals surface area contributed by atoms with Gasteiger partial charge in [-0.3, -0.25) is 14.6 Å². The second-order valence-electron chi connectivity index (χ2n) is 5.69. The number of hydrogen-bond acceptors (Lipinski definition) is 5. The molecular formula is C18H24Cl2N4O3. The van der Waals surface area contributed by atoms with Crippen LogP contribution in [0.25, 0.3) is 0 Å². The first-order chi connectivity index (χ1) is 11.9. The highest BCUT2D eigenvalue weighted by Crippen LogP contribution is 2.29. The van der Waals surface area contributed by atoms with Gasteiger partial charge in [-0.25, -0.2) is 0 Å². The predicted octanol–water partition coefficient (Wildman–Crippen LogP) is 3.00. The summed E-state index contributed by atoms with van der Waals surface area (Å²) in [4.78, 5) is 27.9. The van der Waals surface area contributed by atoms with Crippen molar-refractivity contribution in [1.82, 2.24) is 10.3 Å². The summed E-state index contributed by atoms with van der Waals surface area (Å²) in [7, 11) is 1.53. The van der Waals surface area contributed by atoms with Gasteiger partial charge in [0.2, 0.25) is 5.91 Å². The SMILES string of the molecule is CNC(=O)c1cc(Oc2ccccc2NC(=O)C(C)C(C)N)ccn1.Cl.Cl. The maximum Gasteiger partial charge on any atom is 0.269 e. The summed E-state index contributed by atoms with van der Waals surface area (Å²) in [6.45, 7) is 3.55. The number of ether oxygens (including phenoxy) is 1. The summed E-state index contributed by atoms with van der Waals surface area (Å²) in [5.41, 5.74) is 6.54. The molecular weight excluding hydrogens is 391 g/mol. The van der Waals surface area contributed by atoms with E-state index >= 15 is 0 Å². The number of nitrogens with zero attached hydrogens (tertiary/aromatic N) is 1. The number of nitrogens with two attached hydrogens (primary N) is 1. The van der Waals surface area contributed by atoms with Gasteiger partial charge in [-0.05, 0) is 25.1 Å². The van der Waals surface area contributed by atoms with Crippen molar-refractivity contribution in [2.24, 2.45) is 11.7 Å². The lowest BCUT2D eigenvalue weighted by atomic mass is 10.0. The van der Waals surface area contributed by atoms with Crippen molar-refractivity contribution in [3.05, 3.63) is 48.3 Å². The van der Waals surface area contributed by atoms with Crippen LogP contribution < -0.4 is 21.1 Å². The Morgan fingerprint density at radius 1 is 1.15 bits per heavy atom. The molecule has 2 rings (SSSR count). The fraction of sp³-hybridized carbons (Fsp3) is 0.278. The van der Waals surface area contributed by atoms with Crippen LogP contribution in [0.2, 0.25) is 0 Å². The van der Waals surface area contributed by atoms with Gasteiger partial charge in [-0.15, -0.1) is 24.8 Å². The average molecular weight is 415 g/mol. The van der Waals surface area contributed by atoms with E-state index in [0.717, 1.165) is 0 Å². The number of pyridine rings is 1. The van der Waals surface area contributed by atoms with Crippen LogP contribution in [0.4, 0.5) is 5.69 Å². The molecule has 9 heteroatoms. The number of hydrogen-bond donors (Lipinski definition) is 3. The minimum absolute atomic E-state index is 0. The maximum atomic E-state index is 12.2. The van der Waals surface area contributed by atoms with E-state index in [4.69, 9.17) is 10.5 Å². The standard InChI is InChI=1S/C18H22N4O3.2ClH/c1-11(12(2)19)17(23)22-14-6-4-5-7-16(14)25-13-8-9-21-15(10-13)18(24)20-3;;/h4-12H,19H2,1-3H3,(H,20,24)(H,22,23);2*1H. The molecule has 0 bridgehead atoms. The van der Waals surface area contributed by atoms with Gasteiger partial charge in [0.25, 0.3) is 5.91 Å². The van der Waals surface area contributed by atoms with Crippen LogP contribution in [0, 0.1) is 5.92 Å². The minimum Gasteiger partial charge on any atom is -0.455 e. The number of aromatic nitrogens is 1. The Bertz CT molecular complexity index is 772. The molecule has 2 aromatic rings. The fourth-order valence-corrected chi connectivity index (χ4v) is 2.00. The Morgan fingerprint density at radius 2 is 1.81 bits per heavy atom. The van der Waals surface area contributed by atoms with Gasteiger partial charge < -0.3 is 21.1 Å². The van der Waals surface area contributed by atoms with Gasteiger partial charge in [-0.2, -0.15) is 0 Å². The van der Waals surface area contributed by atoms with Gasteiger partial charge in [0.05, 0.1) is 11.6 Å². The highest BCUT2D eigenvalue weighted by molar-refractivity contribution is 5.94. The first-order valence-electron chi connectivity index (χ1n) is 7.94. The van der Waals surface area contributed by atoms with E-state index in [0.29, 0.717) is 17.2 Å². The lowest BCUT2D eigenvalue weighted by Crippen LogP contribution is -2.34. The second-order valence-corrected chi connectivity index (χ2v) is 5.69. The van der Waals surface area contributed by atoms with Crippen molar-refractivity contribution in [2.45, 2.75) is 19.9 Å². The summed E-state index contributed by atoms with van der Waals surface area (Å²) in [6, 6.07) is 9.96. The molecule has 0 aliphatic heterocycles.